The Morgan fingerprint density at radius 2 is 1.19 bits per heavy atom. The number of rotatable bonds is 5. The molecule has 1 atom stereocenters. The highest BCUT2D eigenvalue weighted by Gasteiger charge is 2.05. The van der Waals surface area contributed by atoms with Crippen LogP contribution in [-0.4, -0.2) is 0 Å². The number of allylic oxidation sites excluding steroid dienone is 2. The predicted molar refractivity (Wildman–Crippen MR) is 94.3 cm³/mol. The third kappa shape index (κ3) is 4.77. The van der Waals surface area contributed by atoms with Gasteiger partial charge in [-0.3, -0.25) is 0 Å². The maximum Gasteiger partial charge on any atom is 0.0444 e. The second-order valence-electron chi connectivity index (χ2n) is 4.83. The largest absolute Gasteiger partial charge is 0.0840 e. The lowest BCUT2D eigenvalue weighted by atomic mass is 10.0. The van der Waals surface area contributed by atoms with Crippen LogP contribution >= 0.6 is 23.2 Å². The number of hydrogen-bond donors (Lipinski definition) is 0. The van der Waals surface area contributed by atoms with E-state index in [1.165, 1.54) is 0 Å². The number of halogens is 2. The Morgan fingerprint density at radius 3 is 1.52 bits per heavy atom. The molecule has 0 heterocycles. The molecule has 0 aliphatic heterocycles. The van der Waals surface area contributed by atoms with E-state index < -0.39 is 0 Å². The molecular weight excluding hydrogens is 299 g/mol. The second kappa shape index (κ2) is 8.07. The highest BCUT2D eigenvalue weighted by molar-refractivity contribution is 6.49. The predicted octanol–water partition coefficient (Wildman–Crippen LogP) is 6.57. The standard InChI is InChI=1S/C19H18Cl2/c1-2-15(13-18(20)16-9-5-3-6-10-16)14-19(21)17-11-7-4-8-12-17/h3-15H,2H2,1H3/b18-13-,19-14+. The highest BCUT2D eigenvalue weighted by atomic mass is 35.5. The molecule has 2 heteroatoms. The lowest BCUT2D eigenvalue weighted by Crippen LogP contribution is -1.92. The van der Waals surface area contributed by atoms with E-state index in [1.54, 1.807) is 0 Å². The molecule has 21 heavy (non-hydrogen) atoms. The molecule has 0 radical (unpaired) electrons. The first-order valence-electron chi connectivity index (χ1n) is 7.06. The number of benzene rings is 2. The van der Waals surface area contributed by atoms with Gasteiger partial charge >= 0.3 is 0 Å². The fourth-order valence-electron chi connectivity index (χ4n) is 2.05. The highest BCUT2D eigenvalue weighted by Crippen LogP contribution is 2.26. The van der Waals surface area contributed by atoms with Gasteiger partial charge in [0.1, 0.15) is 0 Å². The second-order valence-corrected chi connectivity index (χ2v) is 5.65. The summed E-state index contributed by atoms with van der Waals surface area (Å²) in [4.78, 5) is 0. The lowest BCUT2D eigenvalue weighted by Gasteiger charge is -2.08. The summed E-state index contributed by atoms with van der Waals surface area (Å²) in [6.07, 6.45) is 5.07. The third-order valence-electron chi connectivity index (χ3n) is 3.29. The SMILES string of the molecule is CCC(/C=C(\Cl)c1ccccc1)/C=C(/Cl)c1ccccc1. The van der Waals surface area contributed by atoms with E-state index in [9.17, 15) is 0 Å². The van der Waals surface area contributed by atoms with Crippen LogP contribution in [0, 0.1) is 5.92 Å². The van der Waals surface area contributed by atoms with Gasteiger partial charge < -0.3 is 0 Å². The van der Waals surface area contributed by atoms with Crippen molar-refractivity contribution < 1.29 is 0 Å². The Morgan fingerprint density at radius 1 is 0.810 bits per heavy atom. The molecule has 1 unspecified atom stereocenters. The van der Waals surface area contributed by atoms with Crippen LogP contribution < -0.4 is 0 Å². The Hall–Kier alpha value is -1.50. The Kier molecular flexibility index (Phi) is 6.10. The average molecular weight is 317 g/mol. The van der Waals surface area contributed by atoms with Crippen LogP contribution in [-0.2, 0) is 0 Å². The molecule has 0 saturated carbocycles. The maximum absolute atomic E-state index is 6.40. The van der Waals surface area contributed by atoms with Gasteiger partial charge in [-0.2, -0.15) is 0 Å². The fraction of sp³-hybridized carbons (Fsp3) is 0.158. The van der Waals surface area contributed by atoms with Crippen LogP contribution in [0.5, 0.6) is 0 Å². The van der Waals surface area contributed by atoms with Crippen molar-refractivity contribution in [1.82, 2.24) is 0 Å². The van der Waals surface area contributed by atoms with Crippen LogP contribution in [0.15, 0.2) is 72.8 Å². The summed E-state index contributed by atoms with van der Waals surface area (Å²) in [5, 5.41) is 1.52. The quantitative estimate of drug-likeness (QED) is 0.585. The molecule has 108 valence electrons. The van der Waals surface area contributed by atoms with Crippen LogP contribution in [0.25, 0.3) is 10.1 Å². The van der Waals surface area contributed by atoms with E-state index in [1.807, 2.05) is 60.7 Å². The van der Waals surface area contributed by atoms with Crippen LogP contribution in [0.3, 0.4) is 0 Å². The van der Waals surface area contributed by atoms with E-state index >= 15 is 0 Å². The van der Waals surface area contributed by atoms with Crippen molar-refractivity contribution in [2.45, 2.75) is 13.3 Å². The minimum Gasteiger partial charge on any atom is -0.0840 e. The van der Waals surface area contributed by atoms with E-state index in [0.717, 1.165) is 27.6 Å². The third-order valence-corrected chi connectivity index (χ3v) is 3.98. The lowest BCUT2D eigenvalue weighted by molar-refractivity contribution is 0.779. The molecule has 0 aliphatic rings. The summed E-state index contributed by atoms with van der Waals surface area (Å²) in [5.74, 6) is 0.213. The zero-order chi connectivity index (χ0) is 15.1. The van der Waals surface area contributed by atoms with Gasteiger partial charge in [-0.15, -0.1) is 0 Å². The fourth-order valence-corrected chi connectivity index (χ4v) is 2.62. The van der Waals surface area contributed by atoms with E-state index in [2.05, 4.69) is 19.1 Å². The summed E-state index contributed by atoms with van der Waals surface area (Å²) >= 11 is 12.8. The van der Waals surface area contributed by atoms with Gasteiger partial charge in [0.25, 0.3) is 0 Å². The van der Waals surface area contributed by atoms with Gasteiger partial charge in [0, 0.05) is 10.1 Å². The van der Waals surface area contributed by atoms with Gasteiger partial charge in [0.2, 0.25) is 0 Å². The van der Waals surface area contributed by atoms with Crippen LogP contribution in [0.1, 0.15) is 24.5 Å². The van der Waals surface area contributed by atoms with Crippen molar-refractivity contribution in [3.05, 3.63) is 83.9 Å². The van der Waals surface area contributed by atoms with Crippen molar-refractivity contribution in [2.24, 2.45) is 5.92 Å². The normalized spacial score (nSPS) is 14.0. The molecule has 0 amide bonds. The molecular formula is C19H18Cl2. The summed E-state index contributed by atoms with van der Waals surface area (Å²) in [6.45, 7) is 2.13. The first kappa shape index (κ1) is 15.9. The molecule has 0 aliphatic carbocycles. The minimum atomic E-state index is 0.213. The molecule has 2 rings (SSSR count). The van der Waals surface area contributed by atoms with Crippen molar-refractivity contribution in [3.63, 3.8) is 0 Å². The Labute approximate surface area is 136 Å². The maximum atomic E-state index is 6.40. The van der Waals surface area contributed by atoms with Gasteiger partial charge in [-0.25, -0.2) is 0 Å². The Bertz CT molecular complexity index is 557. The average Bonchev–Trinajstić information content (AvgIpc) is 2.55. The molecule has 2 aromatic rings. The topological polar surface area (TPSA) is 0 Å². The molecule has 0 N–H and O–H groups in total. The van der Waals surface area contributed by atoms with Gasteiger partial charge in [0.15, 0.2) is 0 Å². The molecule has 2 aromatic carbocycles. The van der Waals surface area contributed by atoms with Crippen LogP contribution in [0.4, 0.5) is 0 Å². The molecule has 0 spiro atoms. The van der Waals surface area contributed by atoms with Crippen LogP contribution in [0.2, 0.25) is 0 Å². The molecule has 0 fully saturated rings. The first-order chi connectivity index (χ1) is 10.2. The van der Waals surface area contributed by atoms with Crippen molar-refractivity contribution >= 4 is 33.3 Å². The van der Waals surface area contributed by atoms with E-state index in [4.69, 9.17) is 23.2 Å². The van der Waals surface area contributed by atoms with Crippen molar-refractivity contribution in [3.8, 4) is 0 Å². The summed E-state index contributed by atoms with van der Waals surface area (Å²) in [7, 11) is 0. The smallest absolute Gasteiger partial charge is 0.0444 e. The summed E-state index contributed by atoms with van der Waals surface area (Å²) < 4.78 is 0. The van der Waals surface area contributed by atoms with Crippen molar-refractivity contribution in [2.75, 3.05) is 0 Å². The van der Waals surface area contributed by atoms with Crippen molar-refractivity contribution in [1.29, 1.82) is 0 Å². The zero-order valence-corrected chi connectivity index (χ0v) is 13.5. The molecule has 0 bridgehead atoms. The molecule has 0 nitrogen and oxygen atoms in total. The van der Waals surface area contributed by atoms with Gasteiger partial charge in [-0.1, -0.05) is 103 Å². The van der Waals surface area contributed by atoms with Gasteiger partial charge in [0.05, 0.1) is 0 Å². The first-order valence-corrected chi connectivity index (χ1v) is 7.81. The number of hydrogen-bond acceptors (Lipinski definition) is 0. The Balaban J connectivity index is 2.21. The zero-order valence-electron chi connectivity index (χ0n) is 12.0. The molecule has 0 saturated heterocycles. The summed E-state index contributed by atoms with van der Waals surface area (Å²) in [5.41, 5.74) is 2.06. The monoisotopic (exact) mass is 316 g/mol. The van der Waals surface area contributed by atoms with Gasteiger partial charge in [-0.05, 0) is 23.5 Å². The summed E-state index contributed by atoms with van der Waals surface area (Å²) in [6, 6.07) is 19.9. The van der Waals surface area contributed by atoms with E-state index in [0.29, 0.717) is 0 Å². The van der Waals surface area contributed by atoms with E-state index in [-0.39, 0.29) is 5.92 Å². The molecule has 0 aromatic heterocycles. The minimum absolute atomic E-state index is 0.213.